The normalized spacial score (nSPS) is 19.0. The number of likely N-dealkylation sites (N-methyl/N-ethyl adjacent to an activating group) is 1. The number of anilines is 1. The van der Waals surface area contributed by atoms with Crippen LogP contribution in [-0.2, 0) is 71.0 Å². The van der Waals surface area contributed by atoms with Crippen LogP contribution in [0.3, 0.4) is 0 Å². The molecule has 7 N–H and O–H groups in total. The summed E-state index contributed by atoms with van der Waals surface area (Å²) < 4.78 is 185. The number of allylic oxidation sites excluding steroid dienone is 4. The van der Waals surface area contributed by atoms with Gasteiger partial charge in [0.2, 0.25) is 17.4 Å². The minimum absolute atomic E-state index is 0.0240. The van der Waals surface area contributed by atoms with Crippen molar-refractivity contribution >= 4 is 95.2 Å². The number of hydrogen-bond acceptors (Lipinski definition) is 16. The SMILES string of the molecule is CCN1C(=CC=CC2=[N+](CCCCCC(=O)On3c(O)ccc3O)c3ccc4c(S(=O)(=O)O)cc(S(=O)(=O)O)cc4c3C2(C)CCOC)C(C)(CCCS(=O)(=O)O)c2c1ccc1c(S(=O)(=O)O)cc(S(=O)(=O)O)cc21. The lowest BCUT2D eigenvalue weighted by molar-refractivity contribution is -0.438. The van der Waals surface area contributed by atoms with E-state index in [1.807, 2.05) is 4.58 Å². The van der Waals surface area contributed by atoms with Crippen molar-refractivity contribution in [1.29, 1.82) is 0 Å². The molecule has 3 heterocycles. The Morgan fingerprint density at radius 1 is 0.667 bits per heavy atom. The highest BCUT2D eigenvalue weighted by molar-refractivity contribution is 7.87. The Bertz CT molecular complexity index is 3830. The van der Waals surface area contributed by atoms with E-state index in [1.54, 1.807) is 56.0 Å². The number of fused-ring (bicyclic) bond motifs is 6. The molecule has 0 saturated heterocycles. The number of methoxy groups -OCH3 is 1. The molecule has 28 heteroatoms. The molecule has 0 aliphatic carbocycles. The third kappa shape index (κ3) is 11.4. The number of benzene rings is 4. The van der Waals surface area contributed by atoms with Crippen molar-refractivity contribution in [1.82, 2.24) is 4.73 Å². The highest BCUT2D eigenvalue weighted by Gasteiger charge is 2.50. The lowest BCUT2D eigenvalue weighted by atomic mass is 9.74. The zero-order valence-corrected chi connectivity index (χ0v) is 44.7. The maximum absolute atomic E-state index is 12.9. The van der Waals surface area contributed by atoms with Gasteiger partial charge in [0.15, 0.2) is 5.71 Å². The van der Waals surface area contributed by atoms with E-state index in [9.17, 15) is 79.9 Å². The van der Waals surface area contributed by atoms with Gasteiger partial charge in [0.25, 0.3) is 50.6 Å². The summed E-state index contributed by atoms with van der Waals surface area (Å²) >= 11 is 0. The van der Waals surface area contributed by atoms with Gasteiger partial charge >= 0.3 is 5.97 Å². The molecule has 406 valence electrons. The van der Waals surface area contributed by atoms with Crippen molar-refractivity contribution < 1.29 is 94.0 Å². The summed E-state index contributed by atoms with van der Waals surface area (Å²) in [7, 11) is -23.5. The average molecular weight is 1140 g/mol. The summed E-state index contributed by atoms with van der Waals surface area (Å²) in [5.74, 6) is -2.48. The van der Waals surface area contributed by atoms with E-state index in [0.29, 0.717) is 63.6 Å². The third-order valence-electron chi connectivity index (χ3n) is 13.6. The van der Waals surface area contributed by atoms with E-state index < -0.39 is 104 Å². The van der Waals surface area contributed by atoms with Crippen molar-refractivity contribution in [3.8, 4) is 11.8 Å². The van der Waals surface area contributed by atoms with Gasteiger partial charge in [-0.15, -0.1) is 4.73 Å². The van der Waals surface area contributed by atoms with Crippen LogP contribution in [0.15, 0.2) is 104 Å². The van der Waals surface area contributed by atoms with E-state index in [2.05, 4.69) is 0 Å². The second kappa shape index (κ2) is 20.6. The molecule has 2 aliphatic heterocycles. The Morgan fingerprint density at radius 2 is 1.23 bits per heavy atom. The molecule has 2 unspecified atom stereocenters. The average Bonchev–Trinajstić information content (AvgIpc) is 3.84. The van der Waals surface area contributed by atoms with E-state index >= 15 is 0 Å². The molecule has 2 aliphatic rings. The largest absolute Gasteiger partial charge is 0.492 e. The Kier molecular flexibility index (Phi) is 15.7. The number of hydrogen-bond donors (Lipinski definition) is 7. The molecule has 23 nitrogen and oxygen atoms in total. The molecular weight excluding hydrogens is 1090 g/mol. The Labute approximate surface area is 432 Å². The Balaban J connectivity index is 1.42. The number of carbonyl (C=O) groups excluding carboxylic acids is 1. The second-order valence-corrected chi connectivity index (χ2v) is 25.7. The quantitative estimate of drug-likeness (QED) is 0.0263. The molecule has 0 spiro atoms. The maximum Gasteiger partial charge on any atom is 0.333 e. The Hall–Kier alpha value is -5.79. The fraction of sp³-hybridized carbons (Fsp3) is 0.362. The van der Waals surface area contributed by atoms with Gasteiger partial charge in [-0.25, -0.2) is 4.79 Å². The lowest BCUT2D eigenvalue weighted by Gasteiger charge is -2.30. The number of carbonyl (C=O) groups is 1. The maximum atomic E-state index is 12.9. The van der Waals surface area contributed by atoms with E-state index in [0.717, 1.165) is 24.3 Å². The summed E-state index contributed by atoms with van der Waals surface area (Å²) in [5, 5.41) is 19.6. The minimum atomic E-state index is -5.13. The molecule has 1 aromatic heterocycles. The zero-order chi connectivity index (χ0) is 55.4. The molecular formula is C47H54N3O20S5+. The van der Waals surface area contributed by atoms with E-state index in [-0.39, 0.29) is 73.3 Å². The first-order valence-corrected chi connectivity index (χ1v) is 30.3. The van der Waals surface area contributed by atoms with Crippen molar-refractivity contribution in [3.63, 3.8) is 0 Å². The molecule has 0 fully saturated rings. The van der Waals surface area contributed by atoms with Gasteiger partial charge in [-0.05, 0) is 112 Å². The van der Waals surface area contributed by atoms with Gasteiger partial charge in [-0.1, -0.05) is 12.1 Å². The molecule has 2 atom stereocenters. The van der Waals surface area contributed by atoms with Crippen molar-refractivity contribution in [2.75, 3.05) is 37.5 Å². The molecule has 4 aromatic carbocycles. The zero-order valence-electron chi connectivity index (χ0n) is 40.6. The van der Waals surface area contributed by atoms with Crippen LogP contribution in [0.4, 0.5) is 11.4 Å². The van der Waals surface area contributed by atoms with Crippen LogP contribution < -0.4 is 9.74 Å². The van der Waals surface area contributed by atoms with Crippen molar-refractivity contribution in [2.24, 2.45) is 0 Å². The summed E-state index contributed by atoms with van der Waals surface area (Å²) in [6.07, 6.45) is 5.87. The highest BCUT2D eigenvalue weighted by Crippen LogP contribution is 2.54. The number of rotatable bonds is 21. The van der Waals surface area contributed by atoms with Gasteiger partial charge in [0.1, 0.15) is 16.3 Å². The summed E-state index contributed by atoms with van der Waals surface area (Å²) in [5.41, 5.74) is -0.0300. The molecule has 7 rings (SSSR count). The van der Waals surface area contributed by atoms with E-state index in [1.165, 1.54) is 19.2 Å². The van der Waals surface area contributed by atoms with Gasteiger partial charge < -0.3 is 24.7 Å². The van der Waals surface area contributed by atoms with Crippen LogP contribution in [0.5, 0.6) is 11.8 Å². The van der Waals surface area contributed by atoms with E-state index in [4.69, 9.17) is 9.57 Å². The van der Waals surface area contributed by atoms with Crippen molar-refractivity contribution in [3.05, 3.63) is 95.7 Å². The fourth-order valence-electron chi connectivity index (χ4n) is 10.3. The molecule has 75 heavy (non-hydrogen) atoms. The smallest absolute Gasteiger partial charge is 0.333 e. The van der Waals surface area contributed by atoms with Crippen LogP contribution in [0, 0.1) is 0 Å². The monoisotopic (exact) mass is 1140 g/mol. The van der Waals surface area contributed by atoms with Gasteiger partial charge in [0, 0.05) is 90.5 Å². The number of unbranched alkanes of at least 4 members (excludes halogenated alkanes) is 2. The molecule has 0 saturated carbocycles. The van der Waals surface area contributed by atoms with Crippen LogP contribution >= 0.6 is 0 Å². The van der Waals surface area contributed by atoms with Crippen molar-refractivity contribution in [2.45, 2.75) is 96.1 Å². The second-order valence-electron chi connectivity index (χ2n) is 18.5. The molecule has 0 radical (unpaired) electrons. The minimum Gasteiger partial charge on any atom is -0.492 e. The van der Waals surface area contributed by atoms with Crippen LogP contribution in [-0.4, -0.2) is 129 Å². The van der Waals surface area contributed by atoms with Crippen LogP contribution in [0.1, 0.15) is 76.8 Å². The summed E-state index contributed by atoms with van der Waals surface area (Å²) in [6, 6.07) is 11.5. The molecule has 5 aromatic rings. The number of nitrogens with zero attached hydrogens (tertiary/aromatic N) is 3. The molecule has 0 amide bonds. The molecule has 0 bridgehead atoms. The third-order valence-corrected chi connectivity index (χ3v) is 17.9. The number of aromatic nitrogens is 1. The van der Waals surface area contributed by atoms with Gasteiger partial charge in [0.05, 0.1) is 21.0 Å². The lowest BCUT2D eigenvalue weighted by Crippen LogP contribution is -2.33. The number of ether oxygens (including phenoxy) is 1. The predicted molar refractivity (Wildman–Crippen MR) is 272 cm³/mol. The summed E-state index contributed by atoms with van der Waals surface area (Å²) in [6.45, 7) is 5.75. The van der Waals surface area contributed by atoms with Crippen LogP contribution in [0.25, 0.3) is 21.5 Å². The first kappa shape index (κ1) is 56.9. The predicted octanol–water partition coefficient (Wildman–Crippen LogP) is 5.71. The summed E-state index contributed by atoms with van der Waals surface area (Å²) in [4.78, 5) is 16.2. The first-order chi connectivity index (χ1) is 34.8. The number of aromatic hydroxyl groups is 2. The van der Waals surface area contributed by atoms with Gasteiger partial charge in [-0.3, -0.25) is 22.8 Å². The van der Waals surface area contributed by atoms with Gasteiger partial charge in [-0.2, -0.15) is 46.7 Å². The highest BCUT2D eigenvalue weighted by atomic mass is 32.2. The topological polar surface area (TPSA) is 359 Å². The first-order valence-electron chi connectivity index (χ1n) is 22.9. The van der Waals surface area contributed by atoms with Crippen LogP contribution in [0.2, 0.25) is 0 Å². The fourth-order valence-corrected chi connectivity index (χ4v) is 13.5. The standard InChI is InChI=1S/C47H53N3O20S5/c1-5-48-35-16-14-31-33(25-29(72(57,58)59)27-37(31)74(63,64)65)44(35)46(2,20-10-24-71(54,55)56)39(48)11-9-12-40-47(3,21-23-69-4)45-34-26-30(73(60,61)62)28-38(75(66,67)68)32(34)15-17-36(45)49(40)22-8-6-7-13-43(53)70-50-41(51)18-19-42(50)52/h9,11-12,14-19,25-28H,5-8,10,13,20-24H2,1-4H3,(H6-,51,52,54,55,56,57,58,59,60,61,62,63,64,65,66,67,68)/p+1. The Morgan fingerprint density at radius 3 is 1.75 bits per heavy atom.